The smallest absolute Gasteiger partial charge is 0.478 e. The van der Waals surface area contributed by atoms with Gasteiger partial charge in [0.05, 0.1) is 5.56 Å². The molecule has 0 spiro atoms. The Labute approximate surface area is 120 Å². The molecular formula is C9HF9O4S. The maximum atomic E-state index is 14.1. The normalized spacial score (nSPS) is 15.3. The van der Waals surface area contributed by atoms with Crippen LogP contribution in [-0.2, 0) is 19.6 Å². The highest BCUT2D eigenvalue weighted by molar-refractivity contribution is 7.93. The summed E-state index contributed by atoms with van der Waals surface area (Å²) in [4.78, 5) is 10.6. The summed E-state index contributed by atoms with van der Waals surface area (Å²) in [5.74, 6) is -19.4. The predicted molar refractivity (Wildman–Crippen MR) is 51.6 cm³/mol. The van der Waals surface area contributed by atoms with Crippen LogP contribution in [0.15, 0.2) is 0 Å². The van der Waals surface area contributed by atoms with Crippen LogP contribution in [-0.4, -0.2) is 25.0 Å². The first kappa shape index (κ1) is 19.1. The van der Waals surface area contributed by atoms with Gasteiger partial charge in [-0.25, -0.2) is 39.6 Å². The number of carboxylic acids is 1. The van der Waals surface area contributed by atoms with Gasteiger partial charge in [0.15, 0.2) is 23.3 Å². The molecule has 0 bridgehead atoms. The molecular weight excluding hydrogens is 375 g/mol. The Balaban J connectivity index is 4.09. The summed E-state index contributed by atoms with van der Waals surface area (Å²) in [6.45, 7) is 0. The third kappa shape index (κ3) is 2.40. The van der Waals surface area contributed by atoms with Crippen LogP contribution >= 0.6 is 0 Å². The minimum absolute atomic E-state index is 2.96. The van der Waals surface area contributed by atoms with E-state index in [-0.39, 0.29) is 0 Å². The second kappa shape index (κ2) is 5.28. The van der Waals surface area contributed by atoms with Crippen molar-refractivity contribution >= 4 is 15.8 Å². The first-order valence-corrected chi connectivity index (χ1v) is 6.35. The van der Waals surface area contributed by atoms with Crippen molar-refractivity contribution in [2.45, 2.75) is 10.5 Å². The van der Waals surface area contributed by atoms with Gasteiger partial charge in [-0.05, 0) is 0 Å². The zero-order valence-electron chi connectivity index (χ0n) is 9.98. The fraction of sp³-hybridized carbons (Fsp3) is 0.222. The molecule has 14 heteroatoms. The quantitative estimate of drug-likeness (QED) is 0.500. The Morgan fingerprint density at radius 1 is 0.783 bits per heavy atom. The summed E-state index contributed by atoms with van der Waals surface area (Å²) >= 11 is 0. The molecule has 1 N–H and O–H groups in total. The van der Waals surface area contributed by atoms with Gasteiger partial charge in [0.25, 0.3) is 9.84 Å². The second-order valence-electron chi connectivity index (χ2n) is 3.79. The van der Waals surface area contributed by atoms with Gasteiger partial charge in [0, 0.05) is 0 Å². The topological polar surface area (TPSA) is 71.4 Å². The van der Waals surface area contributed by atoms with Crippen LogP contribution < -0.4 is 0 Å². The number of hydrogen-bond donors (Lipinski definition) is 1. The van der Waals surface area contributed by atoms with Gasteiger partial charge in [-0.15, -0.1) is 0 Å². The molecule has 0 aliphatic heterocycles. The molecule has 0 fully saturated rings. The Kier molecular flexibility index (Phi) is 4.37. The molecule has 1 atom stereocenters. The summed E-state index contributed by atoms with van der Waals surface area (Å²) < 4.78 is 138. The van der Waals surface area contributed by atoms with Crippen LogP contribution in [0.2, 0.25) is 0 Å². The van der Waals surface area contributed by atoms with Gasteiger partial charge >= 0.3 is 16.5 Å². The lowest BCUT2D eigenvalue weighted by molar-refractivity contribution is -0.147. The van der Waals surface area contributed by atoms with Crippen LogP contribution in [0.3, 0.4) is 0 Å². The van der Waals surface area contributed by atoms with Gasteiger partial charge in [-0.2, -0.15) is 13.2 Å². The molecule has 0 saturated carbocycles. The fourth-order valence-electron chi connectivity index (χ4n) is 1.40. The molecule has 0 aromatic heterocycles. The first-order chi connectivity index (χ1) is 10.1. The Morgan fingerprint density at radius 2 is 1.09 bits per heavy atom. The van der Waals surface area contributed by atoms with Crippen molar-refractivity contribution in [3.63, 3.8) is 0 Å². The lowest BCUT2D eigenvalue weighted by atomic mass is 10.1. The van der Waals surface area contributed by atoms with Crippen molar-refractivity contribution in [3.8, 4) is 0 Å². The van der Waals surface area contributed by atoms with Crippen LogP contribution in [0.5, 0.6) is 0 Å². The number of sulfone groups is 1. The van der Waals surface area contributed by atoms with Gasteiger partial charge < -0.3 is 5.11 Å². The highest BCUT2D eigenvalue weighted by Crippen LogP contribution is 2.45. The monoisotopic (exact) mass is 376 g/mol. The number of hydrogen-bond acceptors (Lipinski definition) is 3. The number of aliphatic carboxylic acids is 1. The van der Waals surface area contributed by atoms with Crippen molar-refractivity contribution in [2.24, 2.45) is 0 Å². The molecule has 0 aliphatic rings. The summed E-state index contributed by atoms with van der Waals surface area (Å²) in [6, 6.07) is 0. The molecule has 0 amide bonds. The molecule has 0 heterocycles. The highest BCUT2D eigenvalue weighted by atomic mass is 32.2. The number of carboxylic acid groups (broad SMARTS) is 1. The first-order valence-electron chi connectivity index (χ1n) is 4.87. The van der Waals surface area contributed by atoms with E-state index in [4.69, 9.17) is 5.11 Å². The zero-order valence-corrected chi connectivity index (χ0v) is 10.8. The molecule has 1 unspecified atom stereocenters. The van der Waals surface area contributed by atoms with Crippen LogP contribution in [0.1, 0.15) is 5.56 Å². The second-order valence-corrected chi connectivity index (χ2v) is 5.83. The molecule has 0 saturated heterocycles. The minimum Gasteiger partial charge on any atom is -0.478 e. The summed E-state index contributed by atoms with van der Waals surface area (Å²) in [6.07, 6.45) is 0. The van der Waals surface area contributed by atoms with Crippen molar-refractivity contribution in [2.75, 3.05) is 0 Å². The lowest BCUT2D eigenvalue weighted by Crippen LogP contribution is -2.48. The number of halogens is 9. The molecule has 0 aliphatic carbocycles. The third-order valence-corrected chi connectivity index (χ3v) is 4.21. The van der Waals surface area contributed by atoms with Crippen molar-refractivity contribution in [1.82, 2.24) is 0 Å². The van der Waals surface area contributed by atoms with E-state index in [0.29, 0.717) is 0 Å². The Morgan fingerprint density at radius 3 is 1.35 bits per heavy atom. The minimum atomic E-state index is -7.58. The standard InChI is InChI=1S/C9HF9O4S/c10-2-1(3(11)5(13)6(14)4(2)12)8(15,7(19)20)23(21,22)9(16,17)18/h(H,19,20). The summed E-state index contributed by atoms with van der Waals surface area (Å²) in [5, 5.41) is 2.35. The van der Waals surface area contributed by atoms with Gasteiger partial charge in [-0.1, -0.05) is 0 Å². The average Bonchev–Trinajstić information content (AvgIpc) is 2.41. The Hall–Kier alpha value is -1.99. The lowest BCUT2D eigenvalue weighted by Gasteiger charge is -2.23. The van der Waals surface area contributed by atoms with Crippen LogP contribution in [0.4, 0.5) is 39.5 Å². The molecule has 1 aromatic carbocycles. The van der Waals surface area contributed by atoms with Crippen LogP contribution in [0, 0.1) is 29.1 Å². The fourth-order valence-corrected chi connectivity index (χ4v) is 2.40. The van der Waals surface area contributed by atoms with E-state index >= 15 is 0 Å². The average molecular weight is 376 g/mol. The van der Waals surface area contributed by atoms with E-state index in [1.807, 2.05) is 0 Å². The largest absolute Gasteiger partial charge is 0.501 e. The summed E-state index contributed by atoms with van der Waals surface area (Å²) in [7, 11) is -7.58. The number of benzene rings is 1. The SMILES string of the molecule is O=C(O)C(F)(c1c(F)c(F)c(F)c(F)c1F)S(=O)(=O)C(F)(F)F. The van der Waals surface area contributed by atoms with E-state index in [9.17, 15) is 52.7 Å². The molecule has 130 valence electrons. The van der Waals surface area contributed by atoms with Crippen molar-refractivity contribution < 1.29 is 57.8 Å². The Bertz CT molecular complexity index is 756. The predicted octanol–water partition coefficient (Wildman–Crippen LogP) is 2.52. The number of alkyl halides is 4. The van der Waals surface area contributed by atoms with E-state index in [2.05, 4.69) is 0 Å². The van der Waals surface area contributed by atoms with E-state index in [1.165, 1.54) is 0 Å². The van der Waals surface area contributed by atoms with Gasteiger partial charge in [0.1, 0.15) is 0 Å². The van der Waals surface area contributed by atoms with E-state index < -0.39 is 61.0 Å². The maximum Gasteiger partial charge on any atom is 0.501 e. The van der Waals surface area contributed by atoms with Crippen LogP contribution in [0.25, 0.3) is 0 Å². The highest BCUT2D eigenvalue weighted by Gasteiger charge is 2.69. The van der Waals surface area contributed by atoms with Crippen molar-refractivity contribution in [1.29, 1.82) is 0 Å². The molecule has 4 nitrogen and oxygen atoms in total. The summed E-state index contributed by atoms with van der Waals surface area (Å²) in [5.41, 5.74) is -10.0. The van der Waals surface area contributed by atoms with E-state index in [1.54, 1.807) is 0 Å². The van der Waals surface area contributed by atoms with Gasteiger partial charge in [-0.3, -0.25) is 0 Å². The molecule has 0 radical (unpaired) electrons. The molecule has 23 heavy (non-hydrogen) atoms. The third-order valence-electron chi connectivity index (χ3n) is 2.48. The van der Waals surface area contributed by atoms with E-state index in [0.717, 1.165) is 0 Å². The molecule has 1 aromatic rings. The van der Waals surface area contributed by atoms with Crippen molar-refractivity contribution in [3.05, 3.63) is 34.6 Å². The molecule has 1 rings (SSSR count). The van der Waals surface area contributed by atoms with Gasteiger partial charge in [0.2, 0.25) is 5.82 Å². The maximum absolute atomic E-state index is 14.1. The zero-order chi connectivity index (χ0) is 18.5. The number of carbonyl (C=O) groups is 1. The number of rotatable bonds is 3.